The first kappa shape index (κ1) is 20.2. The summed E-state index contributed by atoms with van der Waals surface area (Å²) in [6.07, 6.45) is 0. The van der Waals surface area contributed by atoms with Crippen molar-refractivity contribution in [1.29, 1.82) is 0 Å². The third kappa shape index (κ3) is 5.73. The second kappa shape index (κ2) is 9.12. The van der Waals surface area contributed by atoms with Crippen LogP contribution in [0.5, 0.6) is 0 Å². The zero-order chi connectivity index (χ0) is 19.4. The molecule has 2 aromatic carbocycles. The molecule has 10 heteroatoms. The summed E-state index contributed by atoms with van der Waals surface area (Å²) in [5.41, 5.74) is 2.45. The van der Waals surface area contributed by atoms with E-state index in [0.29, 0.717) is 20.2 Å². The molecule has 0 aliphatic rings. The quantitative estimate of drug-likeness (QED) is 0.424. The molecule has 0 bridgehead atoms. The van der Waals surface area contributed by atoms with E-state index >= 15 is 0 Å². The van der Waals surface area contributed by atoms with Crippen molar-refractivity contribution in [3.05, 3.63) is 57.0 Å². The summed E-state index contributed by atoms with van der Waals surface area (Å²) in [5, 5.41) is 15.7. The Balaban J connectivity index is 1.55. The van der Waals surface area contributed by atoms with Gasteiger partial charge in [0.25, 0.3) is 0 Å². The van der Waals surface area contributed by atoms with Crippen molar-refractivity contribution in [3.63, 3.8) is 0 Å². The Labute approximate surface area is 179 Å². The fourth-order valence-electron chi connectivity index (χ4n) is 2.04. The normalized spacial score (nSPS) is 10.7. The minimum absolute atomic E-state index is 0.147. The molecule has 0 saturated carbocycles. The maximum atomic E-state index is 12.2. The monoisotopic (exact) mass is 458 g/mol. The highest BCUT2D eigenvalue weighted by Gasteiger charge is 2.13. The molecule has 0 aliphatic heterocycles. The number of amides is 1. The number of carbonyl (C=O) groups excluding carboxylic acids is 1. The lowest BCUT2D eigenvalue weighted by molar-refractivity contribution is -0.113. The summed E-state index contributed by atoms with van der Waals surface area (Å²) in [6, 6.07) is 11.0. The molecule has 5 nitrogen and oxygen atoms in total. The van der Waals surface area contributed by atoms with Crippen LogP contribution in [0.1, 0.15) is 5.56 Å². The highest BCUT2D eigenvalue weighted by molar-refractivity contribution is 8.01. The standard InChI is InChI=1S/C17H13Cl3N4OS2/c1-9-2-4-11(5-3-9)21-16-23-24-17(27-16)26-8-14(25)22-15-12(19)6-10(18)7-13(15)20/h2-7H,8H2,1H3,(H,21,23)(H,22,25). The molecule has 3 aromatic rings. The van der Waals surface area contributed by atoms with Crippen molar-refractivity contribution in [2.45, 2.75) is 11.3 Å². The molecular weight excluding hydrogens is 447 g/mol. The Kier molecular flexibility index (Phi) is 6.83. The molecule has 3 rings (SSSR count). The summed E-state index contributed by atoms with van der Waals surface area (Å²) < 4.78 is 0.674. The van der Waals surface area contributed by atoms with Gasteiger partial charge < -0.3 is 10.6 Å². The summed E-state index contributed by atoms with van der Waals surface area (Å²) >= 11 is 20.6. The number of thioether (sulfide) groups is 1. The van der Waals surface area contributed by atoms with Crippen LogP contribution in [-0.4, -0.2) is 21.9 Å². The SMILES string of the molecule is Cc1ccc(Nc2nnc(SCC(=O)Nc3c(Cl)cc(Cl)cc3Cl)s2)cc1. The van der Waals surface area contributed by atoms with Gasteiger partial charge in [0, 0.05) is 10.7 Å². The number of hydrogen-bond donors (Lipinski definition) is 2. The number of benzene rings is 2. The number of carbonyl (C=O) groups is 1. The Morgan fingerprint density at radius 2 is 1.78 bits per heavy atom. The zero-order valence-corrected chi connectivity index (χ0v) is 17.8. The molecule has 0 saturated heterocycles. The van der Waals surface area contributed by atoms with Gasteiger partial charge in [0.2, 0.25) is 11.0 Å². The lowest BCUT2D eigenvalue weighted by Crippen LogP contribution is -2.14. The molecule has 1 heterocycles. The van der Waals surface area contributed by atoms with E-state index in [1.54, 1.807) is 0 Å². The number of nitrogens with one attached hydrogen (secondary N) is 2. The average molecular weight is 460 g/mol. The van der Waals surface area contributed by atoms with Crippen LogP contribution in [0.15, 0.2) is 40.7 Å². The topological polar surface area (TPSA) is 66.9 Å². The number of hydrogen-bond acceptors (Lipinski definition) is 6. The maximum Gasteiger partial charge on any atom is 0.234 e. The third-order valence-electron chi connectivity index (χ3n) is 3.31. The Morgan fingerprint density at radius 1 is 1.11 bits per heavy atom. The lowest BCUT2D eigenvalue weighted by atomic mass is 10.2. The predicted octanol–water partition coefficient (Wildman–Crippen LogP) is 6.28. The molecule has 1 aromatic heterocycles. The van der Waals surface area contributed by atoms with E-state index in [2.05, 4.69) is 20.8 Å². The smallest absolute Gasteiger partial charge is 0.234 e. The van der Waals surface area contributed by atoms with Gasteiger partial charge in [-0.1, -0.05) is 75.6 Å². The van der Waals surface area contributed by atoms with E-state index < -0.39 is 0 Å². The van der Waals surface area contributed by atoms with Crippen LogP contribution < -0.4 is 10.6 Å². The zero-order valence-electron chi connectivity index (χ0n) is 13.9. The fourth-order valence-corrected chi connectivity index (χ4v) is 4.53. The number of halogens is 3. The molecule has 0 radical (unpaired) electrons. The third-order valence-corrected chi connectivity index (χ3v) is 6.09. The fraction of sp³-hybridized carbons (Fsp3) is 0.118. The molecular formula is C17H13Cl3N4OS2. The van der Waals surface area contributed by atoms with E-state index in [-0.39, 0.29) is 21.7 Å². The number of aromatic nitrogens is 2. The number of anilines is 3. The molecule has 0 unspecified atom stereocenters. The Hall–Kier alpha value is -1.51. The van der Waals surface area contributed by atoms with E-state index in [9.17, 15) is 4.79 Å². The second-order valence-electron chi connectivity index (χ2n) is 5.45. The first-order valence-corrected chi connectivity index (χ1v) is 10.6. The molecule has 0 aliphatic carbocycles. The Morgan fingerprint density at radius 3 is 2.44 bits per heavy atom. The largest absolute Gasteiger partial charge is 0.330 e. The van der Waals surface area contributed by atoms with Gasteiger partial charge in [-0.15, -0.1) is 10.2 Å². The number of rotatable bonds is 6. The van der Waals surface area contributed by atoms with Crippen molar-refractivity contribution in [2.24, 2.45) is 0 Å². The highest BCUT2D eigenvalue weighted by atomic mass is 35.5. The molecule has 0 fully saturated rings. The van der Waals surface area contributed by atoms with E-state index in [4.69, 9.17) is 34.8 Å². The van der Waals surface area contributed by atoms with Crippen LogP contribution in [0.2, 0.25) is 15.1 Å². The van der Waals surface area contributed by atoms with Gasteiger partial charge in [-0.2, -0.15) is 0 Å². The average Bonchev–Trinajstić information content (AvgIpc) is 3.06. The van der Waals surface area contributed by atoms with E-state index in [1.165, 1.54) is 40.8 Å². The van der Waals surface area contributed by atoms with Crippen LogP contribution in [0.3, 0.4) is 0 Å². The molecule has 27 heavy (non-hydrogen) atoms. The van der Waals surface area contributed by atoms with Gasteiger partial charge in [-0.25, -0.2) is 0 Å². The Bertz CT molecular complexity index is 940. The van der Waals surface area contributed by atoms with Crippen LogP contribution in [-0.2, 0) is 4.79 Å². The number of nitrogens with zero attached hydrogens (tertiary/aromatic N) is 2. The first-order valence-electron chi connectivity index (χ1n) is 7.65. The second-order valence-corrected chi connectivity index (χ2v) is 8.90. The molecule has 1 amide bonds. The first-order chi connectivity index (χ1) is 12.9. The van der Waals surface area contributed by atoms with Crippen LogP contribution in [0.4, 0.5) is 16.5 Å². The van der Waals surface area contributed by atoms with Gasteiger partial charge in [-0.05, 0) is 31.2 Å². The van der Waals surface area contributed by atoms with Crippen LogP contribution >= 0.6 is 57.9 Å². The minimum Gasteiger partial charge on any atom is -0.330 e. The van der Waals surface area contributed by atoms with Gasteiger partial charge in [0.15, 0.2) is 4.34 Å². The summed E-state index contributed by atoms with van der Waals surface area (Å²) in [5.74, 6) is -0.108. The highest BCUT2D eigenvalue weighted by Crippen LogP contribution is 2.34. The molecule has 0 atom stereocenters. The summed E-state index contributed by atoms with van der Waals surface area (Å²) in [4.78, 5) is 12.2. The minimum atomic E-state index is -0.255. The van der Waals surface area contributed by atoms with Gasteiger partial charge in [-0.3, -0.25) is 4.79 Å². The van der Waals surface area contributed by atoms with Crippen molar-refractivity contribution >= 4 is 80.3 Å². The van der Waals surface area contributed by atoms with Crippen LogP contribution in [0, 0.1) is 6.92 Å². The van der Waals surface area contributed by atoms with Crippen molar-refractivity contribution in [1.82, 2.24) is 10.2 Å². The van der Waals surface area contributed by atoms with Crippen molar-refractivity contribution < 1.29 is 4.79 Å². The molecule has 140 valence electrons. The van der Waals surface area contributed by atoms with E-state index in [0.717, 1.165) is 5.69 Å². The van der Waals surface area contributed by atoms with Crippen molar-refractivity contribution in [3.8, 4) is 0 Å². The number of aryl methyl sites for hydroxylation is 1. The van der Waals surface area contributed by atoms with Gasteiger partial charge in [0.05, 0.1) is 21.5 Å². The maximum absolute atomic E-state index is 12.2. The lowest BCUT2D eigenvalue weighted by Gasteiger charge is -2.09. The summed E-state index contributed by atoms with van der Waals surface area (Å²) in [7, 11) is 0. The summed E-state index contributed by atoms with van der Waals surface area (Å²) in [6.45, 7) is 2.03. The van der Waals surface area contributed by atoms with E-state index in [1.807, 2.05) is 31.2 Å². The van der Waals surface area contributed by atoms with Gasteiger partial charge in [0.1, 0.15) is 0 Å². The van der Waals surface area contributed by atoms with Gasteiger partial charge >= 0.3 is 0 Å². The molecule has 2 N–H and O–H groups in total. The van der Waals surface area contributed by atoms with Crippen LogP contribution in [0.25, 0.3) is 0 Å². The molecule has 0 spiro atoms. The predicted molar refractivity (Wildman–Crippen MR) is 115 cm³/mol. The van der Waals surface area contributed by atoms with Crippen molar-refractivity contribution in [2.75, 3.05) is 16.4 Å².